The summed E-state index contributed by atoms with van der Waals surface area (Å²) in [5.74, 6) is -0.126. The first-order valence-electron chi connectivity index (χ1n) is 15.8. The summed E-state index contributed by atoms with van der Waals surface area (Å²) in [5, 5.41) is 3.10. The third-order valence-corrected chi connectivity index (χ3v) is 8.75. The van der Waals surface area contributed by atoms with Crippen molar-refractivity contribution >= 4 is 17.7 Å². The molecular weight excluding hydrogens is 565 g/mol. The first kappa shape index (κ1) is 31.8. The molecule has 6 bridgehead atoms. The zero-order chi connectivity index (χ0) is 31.1. The van der Waals surface area contributed by atoms with Gasteiger partial charge in [-0.25, -0.2) is 9.37 Å². The number of pyridine rings is 1. The molecule has 0 aliphatic carbocycles. The topological polar surface area (TPSA) is 104 Å². The SMILES string of the molecule is CC(C)CCN1C[C@@H]2C[C@H]1C(=O)N1CCC(CC1)CN(C(=O)c1ccccc1F)CCOCCOc1cccc(n1)C(=O)N2. The van der Waals surface area contributed by atoms with Gasteiger partial charge in [-0.15, -0.1) is 0 Å². The molecule has 2 fully saturated rings. The number of aromatic nitrogens is 1. The average Bonchev–Trinajstić information content (AvgIpc) is 3.43. The molecule has 2 aromatic rings. The van der Waals surface area contributed by atoms with Crippen LogP contribution in [0.15, 0.2) is 42.5 Å². The second-order valence-corrected chi connectivity index (χ2v) is 12.4. The van der Waals surface area contributed by atoms with E-state index < -0.39 is 5.82 Å². The minimum absolute atomic E-state index is 0.0420. The highest BCUT2D eigenvalue weighted by Crippen LogP contribution is 2.26. The first-order chi connectivity index (χ1) is 21.3. The number of nitrogens with one attached hydrogen (secondary N) is 1. The molecule has 0 unspecified atom stereocenters. The summed E-state index contributed by atoms with van der Waals surface area (Å²) < 4.78 is 26.1. The Balaban J connectivity index is 1.34. The zero-order valence-corrected chi connectivity index (χ0v) is 25.8. The Labute approximate surface area is 258 Å². The molecule has 238 valence electrons. The van der Waals surface area contributed by atoms with Crippen LogP contribution in [0.5, 0.6) is 5.88 Å². The van der Waals surface area contributed by atoms with Gasteiger partial charge in [0.25, 0.3) is 11.8 Å². The van der Waals surface area contributed by atoms with E-state index >= 15 is 0 Å². The molecule has 2 atom stereocenters. The number of piperidine rings is 1. The van der Waals surface area contributed by atoms with Gasteiger partial charge in [-0.2, -0.15) is 0 Å². The first-order valence-corrected chi connectivity index (χ1v) is 15.8. The number of benzene rings is 1. The standard InChI is InChI=1S/C33H44FN5O5/c1-23(2)10-13-38-22-25-20-29(38)33(42)37-14-11-24(12-15-37)21-39(32(41)26-6-3-4-7-27(26)34)16-17-43-18-19-44-30-9-5-8-28(36-30)31(40)35-25/h3-9,23-25,29H,10-22H2,1-2H3,(H,35,40)/t25-,29-/m0/s1. The van der Waals surface area contributed by atoms with Gasteiger partial charge in [0, 0.05) is 44.8 Å². The van der Waals surface area contributed by atoms with Gasteiger partial charge in [0.05, 0.1) is 24.8 Å². The Bertz CT molecular complexity index is 1300. The number of ether oxygens (including phenoxy) is 2. The number of carbonyl (C=O) groups is 3. The van der Waals surface area contributed by atoms with Gasteiger partial charge in [-0.05, 0) is 62.3 Å². The van der Waals surface area contributed by atoms with Crippen LogP contribution >= 0.6 is 0 Å². The summed E-state index contributed by atoms with van der Waals surface area (Å²) in [5.41, 5.74) is 0.294. The van der Waals surface area contributed by atoms with Gasteiger partial charge in [-0.1, -0.05) is 32.0 Å². The Kier molecular flexibility index (Phi) is 10.8. The molecule has 3 amide bonds. The normalized spacial score (nSPS) is 24.1. The van der Waals surface area contributed by atoms with E-state index in [4.69, 9.17) is 9.47 Å². The fraction of sp³-hybridized carbons (Fsp3) is 0.576. The lowest BCUT2D eigenvalue weighted by atomic mass is 9.95. The highest BCUT2D eigenvalue weighted by atomic mass is 19.1. The lowest BCUT2D eigenvalue weighted by molar-refractivity contribution is -0.137. The summed E-state index contributed by atoms with van der Waals surface area (Å²) in [6.45, 7) is 8.42. The van der Waals surface area contributed by atoms with Crippen LogP contribution < -0.4 is 10.1 Å². The minimum atomic E-state index is -0.547. The smallest absolute Gasteiger partial charge is 0.270 e. The number of hydrogen-bond acceptors (Lipinski definition) is 7. The molecule has 0 radical (unpaired) electrons. The van der Waals surface area contributed by atoms with Crippen LogP contribution in [0.4, 0.5) is 4.39 Å². The Morgan fingerprint density at radius 3 is 2.59 bits per heavy atom. The lowest BCUT2D eigenvalue weighted by Crippen LogP contribution is -2.50. The zero-order valence-electron chi connectivity index (χ0n) is 25.8. The monoisotopic (exact) mass is 609 g/mol. The predicted molar refractivity (Wildman–Crippen MR) is 163 cm³/mol. The molecule has 11 heteroatoms. The minimum Gasteiger partial charge on any atom is -0.475 e. The number of nitrogens with zero attached hydrogens (tertiary/aromatic N) is 4. The third-order valence-electron chi connectivity index (χ3n) is 8.75. The average molecular weight is 610 g/mol. The summed E-state index contributed by atoms with van der Waals surface area (Å²) in [6.07, 6.45) is 3.01. The van der Waals surface area contributed by atoms with Crippen molar-refractivity contribution in [3.8, 4) is 5.88 Å². The molecule has 44 heavy (non-hydrogen) atoms. The molecule has 0 spiro atoms. The van der Waals surface area contributed by atoms with Crippen molar-refractivity contribution < 1.29 is 28.2 Å². The van der Waals surface area contributed by atoms with E-state index in [0.717, 1.165) is 25.8 Å². The Morgan fingerprint density at radius 1 is 1.02 bits per heavy atom. The number of rotatable bonds is 4. The fourth-order valence-electron chi connectivity index (χ4n) is 6.24. The second kappa shape index (κ2) is 14.9. The second-order valence-electron chi connectivity index (χ2n) is 12.4. The molecule has 10 nitrogen and oxygen atoms in total. The number of amides is 3. The number of fused-ring (bicyclic) bond motifs is 10. The Morgan fingerprint density at radius 2 is 1.82 bits per heavy atom. The maximum atomic E-state index is 14.6. The molecule has 1 aromatic carbocycles. The number of halogens is 1. The van der Waals surface area contributed by atoms with Crippen LogP contribution in [0, 0.1) is 17.7 Å². The van der Waals surface area contributed by atoms with Crippen molar-refractivity contribution in [3.63, 3.8) is 0 Å². The molecule has 6 rings (SSSR count). The van der Waals surface area contributed by atoms with Gasteiger partial charge in [0.15, 0.2) is 0 Å². The van der Waals surface area contributed by atoms with E-state index in [1.165, 1.54) is 12.1 Å². The maximum Gasteiger partial charge on any atom is 0.270 e. The van der Waals surface area contributed by atoms with Gasteiger partial charge in [0.2, 0.25) is 11.8 Å². The van der Waals surface area contributed by atoms with Crippen molar-refractivity contribution in [2.45, 2.75) is 51.6 Å². The quantitative estimate of drug-likeness (QED) is 0.531. The molecule has 5 heterocycles. The third kappa shape index (κ3) is 8.12. The van der Waals surface area contributed by atoms with Crippen LogP contribution in [0.3, 0.4) is 0 Å². The van der Waals surface area contributed by atoms with Gasteiger partial charge in [0.1, 0.15) is 18.1 Å². The lowest BCUT2D eigenvalue weighted by Gasteiger charge is -2.37. The summed E-state index contributed by atoms with van der Waals surface area (Å²) in [7, 11) is 0. The molecule has 2 saturated heterocycles. The maximum absolute atomic E-state index is 14.6. The molecule has 1 aromatic heterocycles. The van der Waals surface area contributed by atoms with E-state index in [0.29, 0.717) is 50.9 Å². The molecule has 0 saturated carbocycles. The van der Waals surface area contributed by atoms with Crippen molar-refractivity contribution in [2.24, 2.45) is 11.8 Å². The predicted octanol–water partition coefficient (Wildman–Crippen LogP) is 3.23. The number of carbonyl (C=O) groups excluding carboxylic acids is 3. The summed E-state index contributed by atoms with van der Waals surface area (Å²) >= 11 is 0. The Hall–Kier alpha value is -3.57. The number of likely N-dealkylation sites (tertiary alicyclic amines) is 1. The van der Waals surface area contributed by atoms with Crippen molar-refractivity contribution in [3.05, 3.63) is 59.5 Å². The van der Waals surface area contributed by atoms with E-state index in [1.807, 2.05) is 4.90 Å². The van der Waals surface area contributed by atoms with Crippen LogP contribution in [0.1, 0.15) is 60.4 Å². The van der Waals surface area contributed by atoms with Gasteiger partial charge >= 0.3 is 0 Å². The largest absolute Gasteiger partial charge is 0.475 e. The summed E-state index contributed by atoms with van der Waals surface area (Å²) in [4.78, 5) is 50.6. The number of hydrogen-bond donors (Lipinski definition) is 1. The van der Waals surface area contributed by atoms with Gasteiger partial charge in [-0.3, -0.25) is 19.3 Å². The van der Waals surface area contributed by atoms with Crippen molar-refractivity contribution in [2.75, 3.05) is 59.1 Å². The van der Waals surface area contributed by atoms with E-state index in [9.17, 15) is 18.8 Å². The van der Waals surface area contributed by atoms with Gasteiger partial charge < -0.3 is 24.6 Å². The molecule has 4 aliphatic rings. The highest BCUT2D eigenvalue weighted by Gasteiger charge is 2.40. The highest BCUT2D eigenvalue weighted by molar-refractivity contribution is 5.94. The molecular formula is C33H44FN5O5. The van der Waals surface area contributed by atoms with E-state index in [-0.39, 0.29) is 66.8 Å². The van der Waals surface area contributed by atoms with Crippen molar-refractivity contribution in [1.29, 1.82) is 0 Å². The van der Waals surface area contributed by atoms with E-state index in [1.54, 1.807) is 35.2 Å². The molecule has 4 aliphatic heterocycles. The molecule has 1 N–H and O–H groups in total. The van der Waals surface area contributed by atoms with Crippen LogP contribution in [-0.4, -0.2) is 109 Å². The van der Waals surface area contributed by atoms with Crippen molar-refractivity contribution in [1.82, 2.24) is 25.0 Å². The van der Waals surface area contributed by atoms with Crippen LogP contribution in [0.25, 0.3) is 0 Å². The van der Waals surface area contributed by atoms with E-state index in [2.05, 4.69) is 29.0 Å². The fourth-order valence-corrected chi connectivity index (χ4v) is 6.24. The van der Waals surface area contributed by atoms with Crippen LogP contribution in [0.2, 0.25) is 0 Å². The summed E-state index contributed by atoms with van der Waals surface area (Å²) in [6, 6.07) is 10.6. The van der Waals surface area contributed by atoms with Crippen LogP contribution in [-0.2, 0) is 9.53 Å².